The van der Waals surface area contributed by atoms with Crippen LogP contribution in [0.2, 0.25) is 0 Å². The molecule has 0 unspecified atom stereocenters. The Kier molecular flexibility index (Phi) is 3.43. The van der Waals surface area contributed by atoms with Gasteiger partial charge in [0.25, 0.3) is 0 Å². The van der Waals surface area contributed by atoms with Gasteiger partial charge in [-0.3, -0.25) is 0 Å². The van der Waals surface area contributed by atoms with Gasteiger partial charge in [0.2, 0.25) is 18.2 Å². The Balaban J connectivity index is 2.05. The van der Waals surface area contributed by atoms with Crippen molar-refractivity contribution in [3.05, 3.63) is 36.7 Å². The van der Waals surface area contributed by atoms with Crippen LogP contribution in [-0.4, -0.2) is 29.1 Å². The minimum atomic E-state index is -5.78. The second-order valence-electron chi connectivity index (χ2n) is 4.25. The third-order valence-corrected chi connectivity index (χ3v) is 3.73. The summed E-state index contributed by atoms with van der Waals surface area (Å²) in [5.41, 5.74) is -4.83. The van der Waals surface area contributed by atoms with Crippen molar-refractivity contribution in [1.82, 2.24) is 15.2 Å². The van der Waals surface area contributed by atoms with Gasteiger partial charge in [0.05, 0.1) is 5.52 Å². The van der Waals surface area contributed by atoms with Gasteiger partial charge in [-0.05, 0) is 18.2 Å². The number of alkyl halides is 3. The van der Waals surface area contributed by atoms with Gasteiger partial charge in [-0.2, -0.15) is 21.6 Å². The fourth-order valence-corrected chi connectivity index (χ4v) is 2.23. The van der Waals surface area contributed by atoms with Crippen LogP contribution in [0.4, 0.5) is 13.2 Å². The van der Waals surface area contributed by atoms with Gasteiger partial charge in [0.1, 0.15) is 0 Å². The summed E-state index contributed by atoms with van der Waals surface area (Å²) in [6.45, 7) is 0. The predicted octanol–water partition coefficient (Wildman–Crippen LogP) is 2.51. The molecule has 0 aliphatic rings. The second-order valence-corrected chi connectivity index (χ2v) is 5.79. The molecule has 3 rings (SSSR count). The zero-order valence-electron chi connectivity index (χ0n) is 11.0. The molecule has 23 heavy (non-hydrogen) atoms. The Hall–Kier alpha value is -2.69. The van der Waals surface area contributed by atoms with Crippen LogP contribution < -0.4 is 4.18 Å². The maximum atomic E-state index is 12.3. The van der Waals surface area contributed by atoms with E-state index in [1.165, 1.54) is 12.1 Å². The molecule has 1 aromatic carbocycles. The lowest BCUT2D eigenvalue weighted by Crippen LogP contribution is -2.28. The monoisotopic (exact) mass is 345 g/mol. The molecule has 0 N–H and O–H groups in total. The van der Waals surface area contributed by atoms with Gasteiger partial charge in [0.15, 0.2) is 0 Å². The van der Waals surface area contributed by atoms with E-state index in [1.54, 1.807) is 12.1 Å². The van der Waals surface area contributed by atoms with Gasteiger partial charge in [-0.1, -0.05) is 6.07 Å². The van der Waals surface area contributed by atoms with Crippen LogP contribution in [0.25, 0.3) is 22.4 Å². The number of halogens is 3. The lowest BCUT2D eigenvalue weighted by atomic mass is 10.1. The molecule has 2 heterocycles. The highest BCUT2D eigenvalue weighted by molar-refractivity contribution is 7.87. The number of aromatic nitrogens is 3. The average molecular weight is 345 g/mol. The van der Waals surface area contributed by atoms with E-state index in [2.05, 4.69) is 19.4 Å². The van der Waals surface area contributed by atoms with Gasteiger partial charge < -0.3 is 8.60 Å². The largest absolute Gasteiger partial charge is 0.534 e. The maximum absolute atomic E-state index is 12.3. The molecule has 3 aromatic rings. The van der Waals surface area contributed by atoms with Crippen molar-refractivity contribution in [3.63, 3.8) is 0 Å². The van der Waals surface area contributed by atoms with E-state index in [0.29, 0.717) is 10.9 Å². The van der Waals surface area contributed by atoms with Crippen molar-refractivity contribution in [1.29, 1.82) is 0 Å². The molecule has 0 saturated heterocycles. The number of pyridine rings is 1. The minimum Gasteiger partial charge on any atom is -0.423 e. The molecule has 0 spiro atoms. The minimum absolute atomic E-state index is 0.189. The Morgan fingerprint density at radius 1 is 1.13 bits per heavy atom. The van der Waals surface area contributed by atoms with E-state index in [1.807, 2.05) is 0 Å². The normalized spacial score (nSPS) is 12.5. The van der Waals surface area contributed by atoms with Crippen molar-refractivity contribution in [2.75, 3.05) is 0 Å². The lowest BCUT2D eigenvalue weighted by molar-refractivity contribution is -0.0501. The Bertz CT molecular complexity index is 955. The van der Waals surface area contributed by atoms with E-state index < -0.39 is 21.5 Å². The average Bonchev–Trinajstić information content (AvgIpc) is 2.98. The SMILES string of the molecule is O=S(=O)(Oc1ccc2c(-c3nnco3)cccc2n1)C(F)(F)F. The topological polar surface area (TPSA) is 95.2 Å². The molecular weight excluding hydrogens is 339 g/mol. The van der Waals surface area contributed by atoms with E-state index in [4.69, 9.17) is 4.42 Å². The number of fused-ring (bicyclic) bond motifs is 1. The van der Waals surface area contributed by atoms with Crippen LogP contribution in [0.1, 0.15) is 0 Å². The predicted molar refractivity (Wildman–Crippen MR) is 70.6 cm³/mol. The van der Waals surface area contributed by atoms with Crippen LogP contribution in [0.5, 0.6) is 5.88 Å². The number of benzene rings is 1. The van der Waals surface area contributed by atoms with Gasteiger partial charge in [-0.15, -0.1) is 10.2 Å². The highest BCUT2D eigenvalue weighted by Crippen LogP contribution is 2.30. The Labute approximate surface area is 126 Å². The first-order valence-electron chi connectivity index (χ1n) is 5.95. The summed E-state index contributed by atoms with van der Waals surface area (Å²) in [6.07, 6.45) is 1.12. The molecule has 0 aliphatic carbocycles. The molecule has 0 saturated carbocycles. The Morgan fingerprint density at radius 3 is 2.57 bits per heavy atom. The molecule has 2 aromatic heterocycles. The first-order valence-corrected chi connectivity index (χ1v) is 7.36. The number of rotatable bonds is 3. The standard InChI is InChI=1S/C12H6F3N3O4S/c13-12(14,15)23(19,20)22-10-5-4-7-8(11-18-16-6-21-11)2-1-3-9(7)17-10/h1-6H. The molecule has 0 amide bonds. The van der Waals surface area contributed by atoms with Gasteiger partial charge in [0, 0.05) is 17.0 Å². The molecule has 0 bridgehead atoms. The Morgan fingerprint density at radius 2 is 1.91 bits per heavy atom. The zero-order valence-corrected chi connectivity index (χ0v) is 11.8. The third kappa shape index (κ3) is 2.82. The summed E-state index contributed by atoms with van der Waals surface area (Å²) >= 11 is 0. The van der Waals surface area contributed by atoms with E-state index >= 15 is 0 Å². The quantitative estimate of drug-likeness (QED) is 0.531. The van der Waals surface area contributed by atoms with Crippen molar-refractivity contribution < 1.29 is 30.2 Å². The first-order chi connectivity index (χ1) is 10.8. The highest BCUT2D eigenvalue weighted by Gasteiger charge is 2.48. The summed E-state index contributed by atoms with van der Waals surface area (Å²) in [5.74, 6) is -0.508. The number of nitrogens with zero attached hydrogens (tertiary/aromatic N) is 3. The number of hydrogen-bond acceptors (Lipinski definition) is 7. The van der Waals surface area contributed by atoms with Crippen LogP contribution in [0, 0.1) is 0 Å². The van der Waals surface area contributed by atoms with Gasteiger partial charge in [-0.25, -0.2) is 4.98 Å². The van der Waals surface area contributed by atoms with Crippen LogP contribution >= 0.6 is 0 Å². The van der Waals surface area contributed by atoms with Crippen LogP contribution in [0.15, 0.2) is 41.1 Å². The zero-order chi connectivity index (χ0) is 16.7. The molecular formula is C12H6F3N3O4S. The summed E-state index contributed by atoms with van der Waals surface area (Å²) in [4.78, 5) is 3.75. The molecule has 11 heteroatoms. The summed E-state index contributed by atoms with van der Waals surface area (Å²) in [6, 6.07) is 7.03. The van der Waals surface area contributed by atoms with Crippen molar-refractivity contribution in [2.45, 2.75) is 5.51 Å². The highest BCUT2D eigenvalue weighted by atomic mass is 32.2. The molecule has 0 fully saturated rings. The molecule has 7 nitrogen and oxygen atoms in total. The first kappa shape index (κ1) is 15.2. The van der Waals surface area contributed by atoms with E-state index in [9.17, 15) is 21.6 Å². The lowest BCUT2D eigenvalue weighted by Gasteiger charge is -2.09. The third-order valence-electron chi connectivity index (χ3n) is 2.78. The smallest absolute Gasteiger partial charge is 0.423 e. The fraction of sp³-hybridized carbons (Fsp3) is 0.0833. The number of hydrogen-bond donors (Lipinski definition) is 0. The van der Waals surface area contributed by atoms with Gasteiger partial charge >= 0.3 is 15.6 Å². The summed E-state index contributed by atoms with van der Waals surface area (Å²) in [5, 5.41) is 7.74. The fourth-order valence-electron chi connectivity index (χ4n) is 1.82. The van der Waals surface area contributed by atoms with Crippen molar-refractivity contribution in [2.24, 2.45) is 0 Å². The summed E-state index contributed by atoms with van der Waals surface area (Å²) < 4.78 is 68.0. The second kappa shape index (κ2) is 5.19. The van der Waals surface area contributed by atoms with E-state index in [-0.39, 0.29) is 11.4 Å². The molecule has 0 aliphatic heterocycles. The maximum Gasteiger partial charge on any atom is 0.534 e. The van der Waals surface area contributed by atoms with Crippen LogP contribution in [0.3, 0.4) is 0 Å². The summed E-state index contributed by atoms with van der Waals surface area (Å²) in [7, 11) is -5.78. The molecule has 120 valence electrons. The van der Waals surface area contributed by atoms with Crippen molar-refractivity contribution >= 4 is 21.0 Å². The van der Waals surface area contributed by atoms with Crippen LogP contribution in [-0.2, 0) is 10.1 Å². The molecule has 0 atom stereocenters. The van der Waals surface area contributed by atoms with E-state index in [0.717, 1.165) is 12.5 Å². The van der Waals surface area contributed by atoms with Crippen molar-refractivity contribution in [3.8, 4) is 17.3 Å². The molecule has 0 radical (unpaired) electrons.